The van der Waals surface area contributed by atoms with E-state index in [0.717, 1.165) is 16.9 Å². The first kappa shape index (κ1) is 16.5. The van der Waals surface area contributed by atoms with Crippen LogP contribution < -0.4 is 10.1 Å². The number of aliphatic hydroxyl groups excluding tert-OH is 1. The number of methoxy groups -OCH3 is 1. The van der Waals surface area contributed by atoms with Crippen LogP contribution in [-0.4, -0.2) is 24.7 Å². The van der Waals surface area contributed by atoms with Crippen molar-refractivity contribution < 1.29 is 14.6 Å². The first-order valence-electron chi connectivity index (χ1n) is 7.29. The zero-order valence-electron chi connectivity index (χ0n) is 12.6. The van der Waals surface area contributed by atoms with Crippen molar-refractivity contribution >= 4 is 17.2 Å². The molecule has 0 aliphatic carbocycles. The van der Waals surface area contributed by atoms with Crippen molar-refractivity contribution in [3.8, 4) is 5.75 Å². The van der Waals surface area contributed by atoms with E-state index < -0.39 is 6.10 Å². The maximum Gasteiger partial charge on any atom is 0.220 e. The molecule has 0 radical (unpaired) electrons. The fourth-order valence-corrected chi connectivity index (χ4v) is 2.83. The molecule has 0 aliphatic heterocycles. The second kappa shape index (κ2) is 8.56. The monoisotopic (exact) mass is 319 g/mol. The van der Waals surface area contributed by atoms with E-state index >= 15 is 0 Å². The van der Waals surface area contributed by atoms with Crippen LogP contribution in [-0.2, 0) is 11.2 Å². The standard InChI is InChI=1S/C17H21NO3S/c1-21-15-5-2-13(3-6-15)4-7-17(20)18-10-8-16(19)14-9-11-22-12-14/h2-3,5-6,9,11-12,16,19H,4,7-8,10H2,1H3,(H,18,20). The maximum absolute atomic E-state index is 11.8. The van der Waals surface area contributed by atoms with Gasteiger partial charge in [0.2, 0.25) is 5.91 Å². The maximum atomic E-state index is 11.8. The number of amides is 1. The first-order chi connectivity index (χ1) is 10.7. The fraction of sp³-hybridized carbons (Fsp3) is 0.353. The van der Waals surface area contributed by atoms with Gasteiger partial charge in [0, 0.05) is 13.0 Å². The number of ether oxygens (including phenoxy) is 1. The third-order valence-electron chi connectivity index (χ3n) is 3.47. The zero-order chi connectivity index (χ0) is 15.8. The normalized spacial score (nSPS) is 11.9. The summed E-state index contributed by atoms with van der Waals surface area (Å²) in [6.07, 6.45) is 1.17. The molecule has 1 aromatic heterocycles. The van der Waals surface area contributed by atoms with Crippen LogP contribution in [0, 0.1) is 0 Å². The lowest BCUT2D eigenvalue weighted by Crippen LogP contribution is -2.25. The Hall–Kier alpha value is -1.85. The summed E-state index contributed by atoms with van der Waals surface area (Å²) in [6.45, 7) is 0.485. The third-order valence-corrected chi connectivity index (χ3v) is 4.17. The van der Waals surface area contributed by atoms with E-state index in [1.54, 1.807) is 18.4 Å². The van der Waals surface area contributed by atoms with Gasteiger partial charge in [0.1, 0.15) is 5.75 Å². The Balaban J connectivity index is 1.65. The minimum absolute atomic E-state index is 0.00772. The van der Waals surface area contributed by atoms with Gasteiger partial charge in [0.05, 0.1) is 13.2 Å². The molecule has 0 saturated carbocycles. The predicted molar refractivity (Wildman–Crippen MR) is 88.2 cm³/mol. The predicted octanol–water partition coefficient (Wildman–Crippen LogP) is 2.93. The molecule has 22 heavy (non-hydrogen) atoms. The van der Waals surface area contributed by atoms with Gasteiger partial charge in [-0.05, 0) is 52.9 Å². The van der Waals surface area contributed by atoms with Gasteiger partial charge in [-0.25, -0.2) is 0 Å². The van der Waals surface area contributed by atoms with Crippen molar-refractivity contribution in [3.63, 3.8) is 0 Å². The highest BCUT2D eigenvalue weighted by molar-refractivity contribution is 7.07. The van der Waals surface area contributed by atoms with E-state index in [4.69, 9.17) is 4.74 Å². The van der Waals surface area contributed by atoms with Crippen molar-refractivity contribution in [3.05, 3.63) is 52.2 Å². The van der Waals surface area contributed by atoms with Crippen LogP contribution in [0.4, 0.5) is 0 Å². The summed E-state index contributed by atoms with van der Waals surface area (Å²) in [5, 5.41) is 16.6. The van der Waals surface area contributed by atoms with Gasteiger partial charge in [-0.2, -0.15) is 11.3 Å². The Kier molecular flexibility index (Phi) is 6.43. The summed E-state index contributed by atoms with van der Waals surface area (Å²) < 4.78 is 5.10. The Bertz CT molecular complexity index is 566. The van der Waals surface area contributed by atoms with E-state index in [9.17, 15) is 9.90 Å². The van der Waals surface area contributed by atoms with E-state index in [1.807, 2.05) is 41.1 Å². The van der Waals surface area contributed by atoms with Gasteiger partial charge in [-0.1, -0.05) is 12.1 Å². The van der Waals surface area contributed by atoms with E-state index in [-0.39, 0.29) is 5.91 Å². The van der Waals surface area contributed by atoms with Crippen molar-refractivity contribution in [1.82, 2.24) is 5.32 Å². The number of hydrogen-bond donors (Lipinski definition) is 2. The molecule has 1 atom stereocenters. The van der Waals surface area contributed by atoms with Crippen molar-refractivity contribution in [1.29, 1.82) is 0 Å². The number of thiophene rings is 1. The van der Waals surface area contributed by atoms with Crippen LogP contribution in [0.15, 0.2) is 41.1 Å². The van der Waals surface area contributed by atoms with Crippen molar-refractivity contribution in [2.24, 2.45) is 0 Å². The highest BCUT2D eigenvalue weighted by Crippen LogP contribution is 2.18. The van der Waals surface area contributed by atoms with E-state index in [0.29, 0.717) is 25.8 Å². The lowest BCUT2D eigenvalue weighted by molar-refractivity contribution is -0.121. The lowest BCUT2D eigenvalue weighted by Gasteiger charge is -2.10. The Labute approximate surface area is 134 Å². The molecular weight excluding hydrogens is 298 g/mol. The van der Waals surface area contributed by atoms with Gasteiger partial charge in [0.15, 0.2) is 0 Å². The number of carbonyl (C=O) groups is 1. The molecule has 5 heteroatoms. The minimum Gasteiger partial charge on any atom is -0.497 e. The molecule has 1 amide bonds. The lowest BCUT2D eigenvalue weighted by atomic mass is 10.1. The van der Waals surface area contributed by atoms with Gasteiger partial charge in [0.25, 0.3) is 0 Å². The van der Waals surface area contributed by atoms with Crippen LogP contribution in [0.1, 0.15) is 30.1 Å². The molecule has 1 heterocycles. The average Bonchev–Trinajstić information content (AvgIpc) is 3.08. The highest BCUT2D eigenvalue weighted by atomic mass is 32.1. The van der Waals surface area contributed by atoms with Gasteiger partial charge >= 0.3 is 0 Å². The number of aryl methyl sites for hydroxylation is 1. The van der Waals surface area contributed by atoms with Crippen molar-refractivity contribution in [2.75, 3.05) is 13.7 Å². The zero-order valence-corrected chi connectivity index (χ0v) is 13.4. The molecule has 2 aromatic rings. The minimum atomic E-state index is -0.506. The molecule has 4 nitrogen and oxygen atoms in total. The molecular formula is C17H21NO3S. The summed E-state index contributed by atoms with van der Waals surface area (Å²) in [5.74, 6) is 0.823. The summed E-state index contributed by atoms with van der Waals surface area (Å²) in [7, 11) is 1.63. The van der Waals surface area contributed by atoms with Crippen LogP contribution >= 0.6 is 11.3 Å². The van der Waals surface area contributed by atoms with Gasteiger partial charge < -0.3 is 15.2 Å². The molecule has 1 aromatic carbocycles. The molecule has 1 unspecified atom stereocenters. The topological polar surface area (TPSA) is 58.6 Å². The van der Waals surface area contributed by atoms with E-state index in [2.05, 4.69) is 5.32 Å². The quantitative estimate of drug-likeness (QED) is 0.786. The number of carbonyl (C=O) groups excluding carboxylic acids is 1. The summed E-state index contributed by atoms with van der Waals surface area (Å²) in [6, 6.07) is 9.62. The Morgan fingerprint density at radius 2 is 2.09 bits per heavy atom. The molecule has 118 valence electrons. The second-order valence-corrected chi connectivity index (χ2v) is 5.84. The smallest absolute Gasteiger partial charge is 0.220 e. The molecule has 0 saturated heterocycles. The molecule has 0 fully saturated rings. The number of aliphatic hydroxyl groups is 1. The molecule has 0 aliphatic rings. The molecule has 2 N–H and O–H groups in total. The highest BCUT2D eigenvalue weighted by Gasteiger charge is 2.08. The van der Waals surface area contributed by atoms with Crippen LogP contribution in [0.3, 0.4) is 0 Å². The number of nitrogens with one attached hydrogen (secondary N) is 1. The SMILES string of the molecule is COc1ccc(CCC(=O)NCCC(O)c2ccsc2)cc1. The second-order valence-electron chi connectivity index (χ2n) is 5.06. The number of hydrogen-bond acceptors (Lipinski definition) is 4. The fourth-order valence-electron chi connectivity index (χ4n) is 2.12. The van der Waals surface area contributed by atoms with Crippen LogP contribution in [0.2, 0.25) is 0 Å². The molecule has 2 rings (SSSR count). The Morgan fingerprint density at radius 1 is 1.32 bits per heavy atom. The Morgan fingerprint density at radius 3 is 2.73 bits per heavy atom. The number of rotatable bonds is 8. The van der Waals surface area contributed by atoms with Crippen molar-refractivity contribution in [2.45, 2.75) is 25.4 Å². The number of benzene rings is 1. The summed E-state index contributed by atoms with van der Waals surface area (Å²) >= 11 is 1.56. The van der Waals surface area contributed by atoms with E-state index in [1.165, 1.54) is 0 Å². The average molecular weight is 319 g/mol. The molecule has 0 bridgehead atoms. The first-order valence-corrected chi connectivity index (χ1v) is 8.23. The van der Waals surface area contributed by atoms with Crippen LogP contribution in [0.5, 0.6) is 5.75 Å². The van der Waals surface area contributed by atoms with Gasteiger partial charge in [-0.15, -0.1) is 0 Å². The van der Waals surface area contributed by atoms with Gasteiger partial charge in [-0.3, -0.25) is 4.79 Å². The summed E-state index contributed by atoms with van der Waals surface area (Å²) in [5.41, 5.74) is 2.02. The summed E-state index contributed by atoms with van der Waals surface area (Å²) in [4.78, 5) is 11.8. The molecule has 0 spiro atoms. The largest absolute Gasteiger partial charge is 0.497 e. The van der Waals surface area contributed by atoms with Crippen LogP contribution in [0.25, 0.3) is 0 Å². The third kappa shape index (κ3) is 5.16.